The lowest BCUT2D eigenvalue weighted by molar-refractivity contribution is 0.400. The van der Waals surface area contributed by atoms with E-state index in [9.17, 15) is 8.42 Å². The van der Waals surface area contributed by atoms with Gasteiger partial charge < -0.3 is 4.52 Å². The smallest absolute Gasteiger partial charge is 0.263 e. The van der Waals surface area contributed by atoms with E-state index >= 15 is 0 Å². The summed E-state index contributed by atoms with van der Waals surface area (Å²) in [5.41, 5.74) is 1.04. The summed E-state index contributed by atoms with van der Waals surface area (Å²) in [6.07, 6.45) is 0. The molecule has 0 saturated heterocycles. The van der Waals surface area contributed by atoms with Crippen molar-refractivity contribution in [2.45, 2.75) is 18.7 Å². The molecule has 2 rings (SSSR count). The van der Waals surface area contributed by atoms with Gasteiger partial charge >= 0.3 is 0 Å². The zero-order valence-corrected chi connectivity index (χ0v) is 11.2. The summed E-state index contributed by atoms with van der Waals surface area (Å²) < 4.78 is 31.3. The second-order valence-corrected chi connectivity index (χ2v) is 5.70. The first kappa shape index (κ1) is 13.1. The normalized spacial score (nSPS) is 11.0. The van der Waals surface area contributed by atoms with E-state index in [0.717, 1.165) is 0 Å². The van der Waals surface area contributed by atoms with Gasteiger partial charge in [0.05, 0.1) is 16.5 Å². The zero-order valence-electron chi connectivity index (χ0n) is 10.3. The molecule has 1 heterocycles. The van der Waals surface area contributed by atoms with E-state index in [0.29, 0.717) is 16.9 Å². The van der Waals surface area contributed by atoms with Gasteiger partial charge in [0.1, 0.15) is 5.76 Å². The second kappa shape index (κ2) is 4.74. The second-order valence-electron chi connectivity index (χ2n) is 4.02. The van der Waals surface area contributed by atoms with Gasteiger partial charge in [-0.2, -0.15) is 5.26 Å². The number of sulfonamides is 1. The van der Waals surface area contributed by atoms with Gasteiger partial charge in [0, 0.05) is 6.07 Å². The number of hydrogen-bond acceptors (Lipinski definition) is 5. The number of aromatic nitrogens is 1. The molecule has 19 heavy (non-hydrogen) atoms. The number of anilines is 1. The highest BCUT2D eigenvalue weighted by molar-refractivity contribution is 7.92. The van der Waals surface area contributed by atoms with Gasteiger partial charge in [0.25, 0.3) is 10.0 Å². The molecule has 1 aromatic heterocycles. The Labute approximate surface area is 110 Å². The maximum atomic E-state index is 12.1. The van der Waals surface area contributed by atoms with E-state index in [1.807, 2.05) is 6.07 Å². The van der Waals surface area contributed by atoms with Crippen LogP contribution in [0.5, 0.6) is 0 Å². The van der Waals surface area contributed by atoms with Crippen LogP contribution in [0.1, 0.15) is 16.9 Å². The molecule has 7 heteroatoms. The van der Waals surface area contributed by atoms with Crippen LogP contribution in [-0.2, 0) is 10.0 Å². The molecule has 0 saturated carbocycles. The van der Waals surface area contributed by atoms with Gasteiger partial charge in [0.15, 0.2) is 5.82 Å². The number of benzene rings is 1. The predicted molar refractivity (Wildman–Crippen MR) is 67.9 cm³/mol. The highest BCUT2D eigenvalue weighted by atomic mass is 32.2. The fraction of sp³-hybridized carbons (Fsp3) is 0.167. The number of hydrogen-bond donors (Lipinski definition) is 1. The van der Waals surface area contributed by atoms with Crippen LogP contribution in [0.25, 0.3) is 0 Å². The molecule has 0 fully saturated rings. The van der Waals surface area contributed by atoms with E-state index in [1.165, 1.54) is 24.3 Å². The third-order valence-corrected chi connectivity index (χ3v) is 3.85. The summed E-state index contributed by atoms with van der Waals surface area (Å²) in [6, 6.07) is 7.75. The van der Waals surface area contributed by atoms with Gasteiger partial charge in [-0.1, -0.05) is 5.16 Å². The van der Waals surface area contributed by atoms with Crippen molar-refractivity contribution in [3.8, 4) is 6.07 Å². The quantitative estimate of drug-likeness (QED) is 0.925. The fourth-order valence-corrected chi connectivity index (χ4v) is 2.61. The van der Waals surface area contributed by atoms with Crippen LogP contribution in [0.2, 0.25) is 0 Å². The predicted octanol–water partition coefficient (Wildman–Crippen LogP) is 1.96. The SMILES string of the molecule is Cc1cc(NS(=O)(=O)c2ccc(C#N)c(C)c2)no1. The maximum Gasteiger partial charge on any atom is 0.263 e. The van der Waals surface area contributed by atoms with Crippen LogP contribution in [0.3, 0.4) is 0 Å². The number of rotatable bonds is 3. The lowest BCUT2D eigenvalue weighted by Crippen LogP contribution is -2.13. The molecule has 0 aliphatic heterocycles. The molecule has 0 amide bonds. The molecule has 1 aromatic carbocycles. The number of aryl methyl sites for hydroxylation is 2. The topological polar surface area (TPSA) is 96.0 Å². The van der Waals surface area contributed by atoms with Gasteiger partial charge in [0.2, 0.25) is 0 Å². The molecule has 0 atom stereocenters. The standard InChI is InChI=1S/C12H11N3O3S/c1-8-5-11(4-3-10(8)7-13)19(16,17)15-12-6-9(2)18-14-12/h3-6H,1-2H3,(H,14,15). The first-order chi connectivity index (χ1) is 8.92. The van der Waals surface area contributed by atoms with Crippen molar-refractivity contribution in [1.82, 2.24) is 5.16 Å². The molecule has 0 spiro atoms. The first-order valence-electron chi connectivity index (χ1n) is 5.39. The third kappa shape index (κ3) is 2.74. The summed E-state index contributed by atoms with van der Waals surface area (Å²) in [7, 11) is -3.73. The molecule has 0 bridgehead atoms. The molecular weight excluding hydrogens is 266 g/mol. The van der Waals surface area contributed by atoms with Crippen LogP contribution in [0, 0.1) is 25.2 Å². The van der Waals surface area contributed by atoms with Crippen molar-refractivity contribution in [2.75, 3.05) is 4.72 Å². The van der Waals surface area contributed by atoms with Gasteiger partial charge in [-0.25, -0.2) is 8.42 Å². The Hall–Kier alpha value is -2.33. The minimum atomic E-state index is -3.73. The largest absolute Gasteiger partial charge is 0.360 e. The highest BCUT2D eigenvalue weighted by Crippen LogP contribution is 2.18. The van der Waals surface area contributed by atoms with Crippen molar-refractivity contribution in [3.63, 3.8) is 0 Å². The summed E-state index contributed by atoms with van der Waals surface area (Å²) in [6.45, 7) is 3.34. The first-order valence-corrected chi connectivity index (χ1v) is 6.87. The molecular formula is C12H11N3O3S. The molecule has 1 N–H and O–H groups in total. The molecule has 0 aliphatic carbocycles. The monoisotopic (exact) mass is 277 g/mol. The van der Waals surface area contributed by atoms with Crippen molar-refractivity contribution >= 4 is 15.8 Å². The Morgan fingerprint density at radius 1 is 1.32 bits per heavy atom. The van der Waals surface area contributed by atoms with Crippen molar-refractivity contribution < 1.29 is 12.9 Å². The van der Waals surface area contributed by atoms with Crippen LogP contribution < -0.4 is 4.72 Å². The lowest BCUT2D eigenvalue weighted by atomic mass is 10.1. The Balaban J connectivity index is 2.35. The maximum absolute atomic E-state index is 12.1. The Kier molecular flexibility index (Phi) is 3.27. The minimum absolute atomic E-state index is 0.0738. The average molecular weight is 277 g/mol. The minimum Gasteiger partial charge on any atom is -0.360 e. The van der Waals surface area contributed by atoms with Crippen LogP contribution in [-0.4, -0.2) is 13.6 Å². The molecule has 0 radical (unpaired) electrons. The number of nitrogens with zero attached hydrogens (tertiary/aromatic N) is 2. The van der Waals surface area contributed by atoms with Crippen LogP contribution in [0.15, 0.2) is 33.7 Å². The Morgan fingerprint density at radius 2 is 2.05 bits per heavy atom. The van der Waals surface area contributed by atoms with Crippen LogP contribution >= 0.6 is 0 Å². The van der Waals surface area contributed by atoms with Gasteiger partial charge in [-0.05, 0) is 37.6 Å². The molecule has 2 aromatic rings. The lowest BCUT2D eigenvalue weighted by Gasteiger charge is -2.06. The molecule has 0 aliphatic rings. The van der Waals surface area contributed by atoms with E-state index < -0.39 is 10.0 Å². The van der Waals surface area contributed by atoms with Gasteiger partial charge in [-0.3, -0.25) is 4.72 Å². The zero-order chi connectivity index (χ0) is 14.0. The molecule has 6 nitrogen and oxygen atoms in total. The Morgan fingerprint density at radius 3 is 2.58 bits per heavy atom. The number of nitriles is 1. The van der Waals surface area contributed by atoms with Crippen LogP contribution in [0.4, 0.5) is 5.82 Å². The Bertz CT molecular complexity index is 757. The molecule has 98 valence electrons. The van der Waals surface area contributed by atoms with E-state index in [1.54, 1.807) is 13.8 Å². The van der Waals surface area contributed by atoms with Crippen molar-refractivity contribution in [3.05, 3.63) is 41.2 Å². The summed E-state index contributed by atoms with van der Waals surface area (Å²) >= 11 is 0. The van der Waals surface area contributed by atoms with E-state index in [2.05, 4.69) is 9.88 Å². The molecule has 0 unspecified atom stereocenters. The number of nitrogens with one attached hydrogen (secondary N) is 1. The summed E-state index contributed by atoms with van der Waals surface area (Å²) in [5, 5.41) is 12.4. The highest BCUT2D eigenvalue weighted by Gasteiger charge is 2.17. The third-order valence-electron chi connectivity index (χ3n) is 2.50. The average Bonchev–Trinajstić information content (AvgIpc) is 2.73. The fourth-order valence-electron chi connectivity index (χ4n) is 1.54. The van der Waals surface area contributed by atoms with Crippen molar-refractivity contribution in [2.24, 2.45) is 0 Å². The van der Waals surface area contributed by atoms with Crippen molar-refractivity contribution in [1.29, 1.82) is 5.26 Å². The summed E-state index contributed by atoms with van der Waals surface area (Å²) in [5.74, 6) is 0.633. The van der Waals surface area contributed by atoms with E-state index in [4.69, 9.17) is 9.78 Å². The van der Waals surface area contributed by atoms with Gasteiger partial charge in [-0.15, -0.1) is 0 Å². The van der Waals surface area contributed by atoms with E-state index in [-0.39, 0.29) is 10.7 Å². The summed E-state index contributed by atoms with van der Waals surface area (Å²) in [4.78, 5) is 0.0738.